The number of hydrogen-bond acceptors (Lipinski definition) is 7. The first kappa shape index (κ1) is 22.3. The molecule has 3 N–H and O–H groups in total. The van der Waals surface area contributed by atoms with Crippen LogP contribution in [0.25, 0.3) is 0 Å². The van der Waals surface area contributed by atoms with Crippen molar-refractivity contribution < 1.29 is 18.0 Å². The highest BCUT2D eigenvalue weighted by atomic mass is 19.4. The monoisotopic (exact) mass is 452 g/mol. The van der Waals surface area contributed by atoms with Crippen LogP contribution in [-0.4, -0.2) is 63.3 Å². The van der Waals surface area contributed by atoms with Gasteiger partial charge in [-0.15, -0.1) is 0 Å². The van der Waals surface area contributed by atoms with E-state index in [2.05, 4.69) is 31.0 Å². The molecule has 174 valence electrons. The lowest BCUT2D eigenvalue weighted by Crippen LogP contribution is -2.27. The third-order valence-electron chi connectivity index (χ3n) is 5.73. The fourth-order valence-corrected chi connectivity index (χ4v) is 3.98. The number of likely N-dealkylation sites (tertiary alicyclic amines) is 1. The number of carbonyl (C=O) groups excluding carboxylic acids is 1. The summed E-state index contributed by atoms with van der Waals surface area (Å²) in [5.41, 5.74) is 0.435. The smallest absolute Gasteiger partial charge is 0.369 e. The third-order valence-corrected chi connectivity index (χ3v) is 5.73. The zero-order valence-corrected chi connectivity index (χ0v) is 17.9. The summed E-state index contributed by atoms with van der Waals surface area (Å²) in [6, 6.07) is 0.248. The molecule has 2 aliphatic rings. The number of alkyl halides is 3. The summed E-state index contributed by atoms with van der Waals surface area (Å²) in [5.74, 6) is -0.131. The number of amides is 1. The Labute approximate surface area is 183 Å². The van der Waals surface area contributed by atoms with Crippen molar-refractivity contribution >= 4 is 23.4 Å². The molecule has 0 bridgehead atoms. The van der Waals surface area contributed by atoms with Gasteiger partial charge in [-0.25, -0.2) is 4.98 Å². The van der Waals surface area contributed by atoms with Crippen LogP contribution in [0.5, 0.6) is 0 Å². The molecule has 0 aromatic carbocycles. The summed E-state index contributed by atoms with van der Waals surface area (Å²) >= 11 is 0. The van der Waals surface area contributed by atoms with Gasteiger partial charge in [0, 0.05) is 45.0 Å². The molecule has 0 radical (unpaired) electrons. The standard InChI is InChI=1S/C20H27F3N8O/c1-13-16(12-31(29-13)14-5-7-24-10-14)27-19-26-11-15(20(21,22)23)18(28-19)25-6-3-9-30-8-2-4-17(30)32/h11-12,14,24H,2-10H2,1H3,(H2,25,26,27,28). The highest BCUT2D eigenvalue weighted by Crippen LogP contribution is 2.34. The predicted octanol–water partition coefficient (Wildman–Crippen LogP) is 2.70. The molecule has 2 aromatic heterocycles. The number of carbonyl (C=O) groups is 1. The van der Waals surface area contributed by atoms with Gasteiger partial charge in [0.25, 0.3) is 0 Å². The number of aryl methyl sites for hydroxylation is 1. The number of halogens is 3. The van der Waals surface area contributed by atoms with Crippen molar-refractivity contribution in [1.29, 1.82) is 0 Å². The average Bonchev–Trinajstić information content (AvgIpc) is 3.47. The van der Waals surface area contributed by atoms with Crippen LogP contribution in [0.4, 0.5) is 30.6 Å². The summed E-state index contributed by atoms with van der Waals surface area (Å²) in [7, 11) is 0. The molecular weight excluding hydrogens is 425 g/mol. The Morgan fingerprint density at radius 2 is 2.19 bits per heavy atom. The minimum absolute atomic E-state index is 0.0578. The van der Waals surface area contributed by atoms with Gasteiger partial charge < -0.3 is 20.9 Å². The molecule has 0 spiro atoms. The number of anilines is 3. The molecule has 12 heteroatoms. The summed E-state index contributed by atoms with van der Waals surface area (Å²) < 4.78 is 42.2. The predicted molar refractivity (Wildman–Crippen MR) is 113 cm³/mol. The SMILES string of the molecule is Cc1nn(C2CCNC2)cc1Nc1ncc(C(F)(F)F)c(NCCCN2CCCC2=O)n1. The second-order valence-corrected chi connectivity index (χ2v) is 8.10. The van der Waals surface area contributed by atoms with Gasteiger partial charge in [-0.05, 0) is 32.7 Å². The van der Waals surface area contributed by atoms with Crippen LogP contribution in [-0.2, 0) is 11.0 Å². The van der Waals surface area contributed by atoms with E-state index in [9.17, 15) is 18.0 Å². The van der Waals surface area contributed by atoms with Gasteiger partial charge in [-0.2, -0.15) is 23.3 Å². The van der Waals surface area contributed by atoms with Gasteiger partial charge in [-0.3, -0.25) is 9.48 Å². The highest BCUT2D eigenvalue weighted by Gasteiger charge is 2.35. The van der Waals surface area contributed by atoms with Gasteiger partial charge >= 0.3 is 6.18 Å². The Hall–Kier alpha value is -2.89. The molecule has 0 aliphatic carbocycles. The van der Waals surface area contributed by atoms with Crippen LogP contribution in [0.2, 0.25) is 0 Å². The Bertz CT molecular complexity index is 955. The molecule has 4 rings (SSSR count). The van der Waals surface area contributed by atoms with Crippen molar-refractivity contribution in [2.45, 2.75) is 44.8 Å². The van der Waals surface area contributed by atoms with Crippen LogP contribution < -0.4 is 16.0 Å². The fraction of sp³-hybridized carbons (Fsp3) is 0.600. The summed E-state index contributed by atoms with van der Waals surface area (Å²) in [6.45, 7) is 5.05. The maximum absolute atomic E-state index is 13.4. The largest absolute Gasteiger partial charge is 0.421 e. The van der Waals surface area contributed by atoms with Gasteiger partial charge in [0.15, 0.2) is 0 Å². The van der Waals surface area contributed by atoms with E-state index in [0.717, 1.165) is 32.1 Å². The lowest BCUT2D eigenvalue weighted by molar-refractivity contribution is -0.137. The van der Waals surface area contributed by atoms with E-state index in [-0.39, 0.29) is 30.3 Å². The number of nitrogens with zero attached hydrogens (tertiary/aromatic N) is 5. The van der Waals surface area contributed by atoms with Crippen LogP contribution in [0.15, 0.2) is 12.4 Å². The molecule has 2 aromatic rings. The Kier molecular flexibility index (Phi) is 6.49. The van der Waals surface area contributed by atoms with Crippen LogP contribution >= 0.6 is 0 Å². The molecule has 4 heterocycles. The third kappa shape index (κ3) is 5.12. The quantitative estimate of drug-likeness (QED) is 0.530. The van der Waals surface area contributed by atoms with E-state index in [1.54, 1.807) is 4.90 Å². The van der Waals surface area contributed by atoms with Crippen molar-refractivity contribution in [1.82, 2.24) is 30.0 Å². The Balaban J connectivity index is 1.44. The van der Waals surface area contributed by atoms with Gasteiger partial charge in [0.1, 0.15) is 11.4 Å². The zero-order valence-electron chi connectivity index (χ0n) is 17.9. The van der Waals surface area contributed by atoms with Crippen LogP contribution in [0.3, 0.4) is 0 Å². The minimum atomic E-state index is -4.58. The van der Waals surface area contributed by atoms with Crippen molar-refractivity contribution in [3.8, 4) is 0 Å². The van der Waals surface area contributed by atoms with E-state index in [1.165, 1.54) is 0 Å². The first-order valence-electron chi connectivity index (χ1n) is 10.8. The van der Waals surface area contributed by atoms with E-state index < -0.39 is 11.7 Å². The average molecular weight is 452 g/mol. The van der Waals surface area contributed by atoms with Crippen molar-refractivity contribution in [3.05, 3.63) is 23.7 Å². The first-order valence-corrected chi connectivity index (χ1v) is 10.8. The second-order valence-electron chi connectivity index (χ2n) is 8.10. The highest BCUT2D eigenvalue weighted by molar-refractivity contribution is 5.78. The molecule has 0 saturated carbocycles. The number of rotatable bonds is 8. The Morgan fingerprint density at radius 3 is 2.88 bits per heavy atom. The van der Waals surface area contributed by atoms with E-state index >= 15 is 0 Å². The molecule has 1 unspecified atom stereocenters. The topological polar surface area (TPSA) is 100 Å². The molecule has 1 atom stereocenters. The summed E-state index contributed by atoms with van der Waals surface area (Å²) in [6.07, 6.45) is 0.891. The number of aromatic nitrogens is 4. The first-order chi connectivity index (χ1) is 15.3. The van der Waals surface area contributed by atoms with Crippen LogP contribution in [0, 0.1) is 6.92 Å². The molecule has 9 nitrogen and oxygen atoms in total. The van der Waals surface area contributed by atoms with E-state index in [4.69, 9.17) is 0 Å². The van der Waals surface area contributed by atoms with Crippen LogP contribution in [0.1, 0.15) is 43.0 Å². The summed E-state index contributed by atoms with van der Waals surface area (Å²) in [5, 5.41) is 13.5. The molecule has 2 fully saturated rings. The lowest BCUT2D eigenvalue weighted by atomic mass is 10.3. The summed E-state index contributed by atoms with van der Waals surface area (Å²) in [4.78, 5) is 21.4. The molecule has 2 aliphatic heterocycles. The molecule has 1 amide bonds. The lowest BCUT2D eigenvalue weighted by Gasteiger charge is -2.17. The molecular formula is C20H27F3N8O. The number of hydrogen-bond donors (Lipinski definition) is 3. The molecule has 32 heavy (non-hydrogen) atoms. The second kappa shape index (κ2) is 9.31. The van der Waals surface area contributed by atoms with Crippen molar-refractivity contribution in [2.75, 3.05) is 43.4 Å². The molecule has 2 saturated heterocycles. The van der Waals surface area contributed by atoms with Crippen molar-refractivity contribution in [2.24, 2.45) is 0 Å². The van der Waals surface area contributed by atoms with Crippen molar-refractivity contribution in [3.63, 3.8) is 0 Å². The van der Waals surface area contributed by atoms with E-state index in [1.807, 2.05) is 17.8 Å². The number of nitrogens with one attached hydrogen (secondary N) is 3. The van der Waals surface area contributed by atoms with Gasteiger partial charge in [-0.1, -0.05) is 0 Å². The fourth-order valence-electron chi connectivity index (χ4n) is 3.98. The minimum Gasteiger partial charge on any atom is -0.369 e. The maximum atomic E-state index is 13.4. The van der Waals surface area contributed by atoms with Gasteiger partial charge in [0.2, 0.25) is 11.9 Å². The van der Waals surface area contributed by atoms with Gasteiger partial charge in [0.05, 0.1) is 17.4 Å². The maximum Gasteiger partial charge on any atom is 0.421 e. The van der Waals surface area contributed by atoms with E-state index in [0.29, 0.717) is 37.3 Å². The zero-order chi connectivity index (χ0) is 22.7. The Morgan fingerprint density at radius 1 is 1.34 bits per heavy atom. The normalized spacial score (nSPS) is 19.1.